The molecule has 3 unspecified atom stereocenters. The van der Waals surface area contributed by atoms with Gasteiger partial charge in [-0.25, -0.2) is 0 Å². The molecule has 2 heterocycles. The Balaban J connectivity index is 0.000000260. The van der Waals surface area contributed by atoms with Gasteiger partial charge in [0.05, 0.1) is 13.2 Å². The van der Waals surface area contributed by atoms with Gasteiger partial charge in [-0.3, -0.25) is 9.59 Å². The van der Waals surface area contributed by atoms with E-state index in [1.54, 1.807) is 19.9 Å². The summed E-state index contributed by atoms with van der Waals surface area (Å²) < 4.78 is 21.8. The highest BCUT2D eigenvalue weighted by molar-refractivity contribution is 6.63. The molecule has 2 saturated heterocycles. The van der Waals surface area contributed by atoms with Gasteiger partial charge < -0.3 is 18.9 Å². The van der Waals surface area contributed by atoms with Crippen LogP contribution < -0.4 is 0 Å². The molecule has 1 aliphatic carbocycles. The van der Waals surface area contributed by atoms with Gasteiger partial charge in [-0.05, 0) is 50.1 Å². The molecule has 2 aliphatic heterocycles. The highest BCUT2D eigenvalue weighted by atomic mass is 35.5. The van der Waals surface area contributed by atoms with Crippen molar-refractivity contribution in [2.75, 3.05) is 26.4 Å². The number of carbonyl (C=O) groups excluding carboxylic acids is 2. The molecule has 180 valence electrons. The quantitative estimate of drug-likeness (QED) is 0.380. The number of halogens is 1. The van der Waals surface area contributed by atoms with Crippen LogP contribution in [0.4, 0.5) is 0 Å². The Morgan fingerprint density at radius 1 is 1.13 bits per heavy atom. The Morgan fingerprint density at radius 2 is 1.65 bits per heavy atom. The second-order valence-electron chi connectivity index (χ2n) is 9.05. The van der Waals surface area contributed by atoms with E-state index in [1.165, 1.54) is 19.3 Å². The van der Waals surface area contributed by atoms with E-state index in [2.05, 4.69) is 6.58 Å². The monoisotopic (exact) mass is 460 g/mol. The van der Waals surface area contributed by atoms with Gasteiger partial charge in [-0.2, -0.15) is 0 Å². The topological polar surface area (TPSA) is 71.1 Å². The van der Waals surface area contributed by atoms with Gasteiger partial charge in [-0.15, -0.1) is 6.58 Å². The Hall–Kier alpha value is -0.790. The number of hydrogen-bond donors (Lipinski definition) is 0. The van der Waals surface area contributed by atoms with Crippen LogP contribution >= 0.6 is 11.6 Å². The maximum Gasteiger partial charge on any atom is 0.224 e. The summed E-state index contributed by atoms with van der Waals surface area (Å²) in [5, 5.41) is -0.269. The van der Waals surface area contributed by atoms with Crippen LogP contribution in [0.1, 0.15) is 72.6 Å². The standard InChI is InChI=1S/C12H20O3.C8H14O2.C4H7ClO/c1-12(2)9(7-10(12)13)8-15-11-5-3-4-6-14-11;1-2-6-9-8-5-3-4-7-10-8;1-3(2)4(5)6/h9,11H,3-8H2,1-2H3;2,8H,1,3-7H2;3H,1-2H3. The van der Waals surface area contributed by atoms with Crippen molar-refractivity contribution >= 4 is 22.6 Å². The number of carbonyl (C=O) groups is 2. The fourth-order valence-electron chi connectivity index (χ4n) is 3.19. The van der Waals surface area contributed by atoms with E-state index in [0.717, 1.165) is 32.5 Å². The molecule has 0 amide bonds. The first-order valence-electron chi connectivity index (χ1n) is 11.5. The summed E-state index contributed by atoms with van der Waals surface area (Å²) in [6.45, 7) is 14.0. The minimum absolute atomic E-state index is 0.0216. The van der Waals surface area contributed by atoms with Crippen molar-refractivity contribution in [3.8, 4) is 0 Å². The van der Waals surface area contributed by atoms with Crippen molar-refractivity contribution in [1.82, 2.24) is 0 Å². The summed E-state index contributed by atoms with van der Waals surface area (Å²) >= 11 is 4.97. The molecule has 0 spiro atoms. The summed E-state index contributed by atoms with van der Waals surface area (Å²) in [6, 6.07) is 0. The third-order valence-corrected chi connectivity index (χ3v) is 6.22. The summed E-state index contributed by atoms with van der Waals surface area (Å²) in [4.78, 5) is 21.2. The van der Waals surface area contributed by atoms with E-state index in [1.807, 2.05) is 13.8 Å². The predicted molar refractivity (Wildman–Crippen MR) is 122 cm³/mol. The molecular formula is C24H41ClO6. The van der Waals surface area contributed by atoms with Crippen molar-refractivity contribution in [1.29, 1.82) is 0 Å². The zero-order chi connectivity index (χ0) is 23.3. The van der Waals surface area contributed by atoms with Crippen LogP contribution in [0.5, 0.6) is 0 Å². The second kappa shape index (κ2) is 15.1. The zero-order valence-electron chi connectivity index (χ0n) is 19.7. The number of ketones is 1. The van der Waals surface area contributed by atoms with Crippen molar-refractivity contribution in [3.63, 3.8) is 0 Å². The van der Waals surface area contributed by atoms with E-state index in [9.17, 15) is 9.59 Å². The molecule has 3 rings (SSSR count). The molecule has 1 saturated carbocycles. The Morgan fingerprint density at radius 3 is 2.00 bits per heavy atom. The maximum atomic E-state index is 11.3. The summed E-state index contributed by atoms with van der Waals surface area (Å²) in [7, 11) is 0. The smallest absolute Gasteiger partial charge is 0.224 e. The number of Topliss-reactive ketones (excluding diaryl/α,β-unsaturated/α-hetero) is 1. The first kappa shape index (κ1) is 28.2. The van der Waals surface area contributed by atoms with Gasteiger partial charge in [0.2, 0.25) is 5.24 Å². The average molecular weight is 461 g/mol. The molecule has 0 N–H and O–H groups in total. The number of hydrogen-bond acceptors (Lipinski definition) is 6. The molecule has 6 nitrogen and oxygen atoms in total. The largest absolute Gasteiger partial charge is 0.353 e. The van der Waals surface area contributed by atoms with Crippen LogP contribution in [-0.4, -0.2) is 50.0 Å². The van der Waals surface area contributed by atoms with E-state index in [4.69, 9.17) is 30.5 Å². The van der Waals surface area contributed by atoms with Crippen molar-refractivity contribution in [2.45, 2.75) is 85.2 Å². The summed E-state index contributed by atoms with van der Waals surface area (Å²) in [6.07, 6.45) is 9.21. The third-order valence-electron chi connectivity index (χ3n) is 5.78. The lowest BCUT2D eigenvalue weighted by molar-refractivity contribution is -0.185. The molecule has 31 heavy (non-hydrogen) atoms. The van der Waals surface area contributed by atoms with Gasteiger partial charge in [-0.1, -0.05) is 33.8 Å². The Kier molecular flexibility index (Phi) is 13.8. The molecule has 0 bridgehead atoms. The fraction of sp³-hybridized carbons (Fsp3) is 0.833. The van der Waals surface area contributed by atoms with Gasteiger partial charge in [0, 0.05) is 36.9 Å². The van der Waals surface area contributed by atoms with Crippen molar-refractivity contribution in [2.24, 2.45) is 17.3 Å². The molecule has 0 aromatic heterocycles. The van der Waals surface area contributed by atoms with Crippen LogP contribution in [0.2, 0.25) is 0 Å². The molecule has 0 radical (unpaired) electrons. The highest BCUT2D eigenvalue weighted by Crippen LogP contribution is 2.42. The lowest BCUT2D eigenvalue weighted by Crippen LogP contribution is -2.48. The molecule has 0 aromatic carbocycles. The van der Waals surface area contributed by atoms with Crippen LogP contribution in [-0.2, 0) is 28.5 Å². The molecular weight excluding hydrogens is 420 g/mol. The van der Waals surface area contributed by atoms with Crippen LogP contribution in [0.15, 0.2) is 12.7 Å². The van der Waals surface area contributed by atoms with Gasteiger partial charge in [0.1, 0.15) is 5.78 Å². The minimum atomic E-state index is -0.269. The van der Waals surface area contributed by atoms with Gasteiger partial charge in [0.25, 0.3) is 0 Å². The number of rotatable bonds is 7. The first-order valence-corrected chi connectivity index (χ1v) is 11.9. The van der Waals surface area contributed by atoms with Crippen LogP contribution in [0.25, 0.3) is 0 Å². The first-order chi connectivity index (χ1) is 14.7. The molecule has 7 heteroatoms. The van der Waals surface area contributed by atoms with Crippen molar-refractivity contribution < 1.29 is 28.5 Å². The lowest BCUT2D eigenvalue weighted by atomic mass is 9.62. The SMILES string of the molecule is C=CCOC1CCCCO1.CC(C)C(=O)Cl.CC1(C)C(=O)CC1COC1CCCCO1. The predicted octanol–water partition coefficient (Wildman–Crippen LogP) is 5.27. The summed E-state index contributed by atoms with van der Waals surface area (Å²) in [5.41, 5.74) is -0.172. The lowest BCUT2D eigenvalue weighted by Gasteiger charge is -2.42. The van der Waals surface area contributed by atoms with E-state index < -0.39 is 0 Å². The molecule has 3 aliphatic rings. The van der Waals surface area contributed by atoms with Crippen LogP contribution in [0.3, 0.4) is 0 Å². The van der Waals surface area contributed by atoms with Crippen molar-refractivity contribution in [3.05, 3.63) is 12.7 Å². The highest BCUT2D eigenvalue weighted by Gasteiger charge is 2.47. The number of ether oxygens (including phenoxy) is 4. The summed E-state index contributed by atoms with van der Waals surface area (Å²) in [5.74, 6) is 0.725. The van der Waals surface area contributed by atoms with E-state index >= 15 is 0 Å². The minimum Gasteiger partial charge on any atom is -0.353 e. The molecule has 3 fully saturated rings. The van der Waals surface area contributed by atoms with Crippen LogP contribution in [0, 0.1) is 17.3 Å². The normalized spacial score (nSPS) is 27.2. The average Bonchev–Trinajstić information content (AvgIpc) is 2.77. The van der Waals surface area contributed by atoms with Gasteiger partial charge >= 0.3 is 0 Å². The molecule has 0 aromatic rings. The molecule has 3 atom stereocenters. The fourth-order valence-corrected chi connectivity index (χ4v) is 3.19. The van der Waals surface area contributed by atoms with Gasteiger partial charge in [0.15, 0.2) is 12.6 Å². The van der Waals surface area contributed by atoms with E-state index in [0.29, 0.717) is 31.3 Å². The Labute approximate surface area is 193 Å². The third kappa shape index (κ3) is 11.1. The maximum absolute atomic E-state index is 11.3. The zero-order valence-corrected chi connectivity index (χ0v) is 20.5. The Bertz CT molecular complexity index is 536. The second-order valence-corrected chi connectivity index (χ2v) is 9.42. The van der Waals surface area contributed by atoms with E-state index in [-0.39, 0.29) is 29.2 Å².